The van der Waals surface area contributed by atoms with Crippen LogP contribution in [0.4, 0.5) is 4.39 Å². The number of benzene rings is 3. The van der Waals surface area contributed by atoms with Crippen molar-refractivity contribution in [2.24, 2.45) is 0 Å². The van der Waals surface area contributed by atoms with Gasteiger partial charge in [0.15, 0.2) is 0 Å². The van der Waals surface area contributed by atoms with Gasteiger partial charge in [0.25, 0.3) is 17.7 Å². The second-order valence-electron chi connectivity index (χ2n) is 8.97. The maximum absolute atomic E-state index is 13.6. The molecule has 8 nitrogen and oxygen atoms in total. The zero-order chi connectivity index (χ0) is 27.6. The van der Waals surface area contributed by atoms with Crippen LogP contribution in [-0.2, 0) is 14.6 Å². The first-order valence-electron chi connectivity index (χ1n) is 12.2. The van der Waals surface area contributed by atoms with Crippen LogP contribution in [-0.4, -0.2) is 67.5 Å². The fraction of sp³-hybridized carbons (Fsp3) is 0.179. The molecule has 0 radical (unpaired) electrons. The summed E-state index contributed by atoms with van der Waals surface area (Å²) in [6, 6.07) is 20.3. The first-order chi connectivity index (χ1) is 18.8. The number of carbonyl (C=O) groups is 3. The molecule has 0 aliphatic carbocycles. The molecule has 1 atom stereocenters. The van der Waals surface area contributed by atoms with Crippen LogP contribution >= 0.6 is 11.3 Å². The molecule has 1 aliphatic heterocycles. The van der Waals surface area contributed by atoms with E-state index in [4.69, 9.17) is 0 Å². The number of thiophene rings is 1. The van der Waals surface area contributed by atoms with Crippen LogP contribution in [0.1, 0.15) is 20.0 Å². The van der Waals surface area contributed by atoms with Crippen molar-refractivity contribution in [3.8, 4) is 0 Å². The average Bonchev–Trinajstić information content (AvgIpc) is 3.50. The number of halogens is 1. The highest BCUT2D eigenvalue weighted by Crippen LogP contribution is 2.22. The number of hydrogen-bond acceptors (Lipinski definition) is 6. The maximum Gasteiger partial charge on any atom is 0.262 e. The molecular formula is C28H24FN3O5S2. The summed E-state index contributed by atoms with van der Waals surface area (Å²) in [5.74, 6) is -2.34. The SMILES string of the molecule is O=C(N[C@@H](C(=O)N1CCN(C(=O)c2cccc3ccccc23)CC1)S(=O)(=O)c1ccc(F)cc1)c1cccs1. The summed E-state index contributed by atoms with van der Waals surface area (Å²) >= 11 is 1.11. The van der Waals surface area contributed by atoms with Crippen LogP contribution in [0.25, 0.3) is 10.8 Å². The molecule has 1 fully saturated rings. The van der Waals surface area contributed by atoms with Crippen LogP contribution in [0.15, 0.2) is 89.1 Å². The molecule has 0 spiro atoms. The predicted molar refractivity (Wildman–Crippen MR) is 146 cm³/mol. The van der Waals surface area contributed by atoms with Crippen LogP contribution in [0, 0.1) is 5.82 Å². The standard InChI is InChI=1S/C28H24FN3O5S2/c29-20-10-12-21(13-11-20)39(36,37)26(30-25(33)24-9-4-18-38-24)28(35)32-16-14-31(15-17-32)27(34)23-8-3-6-19-5-1-2-7-22(19)23/h1-13,18,26H,14-17H2,(H,30,33)/t26-/m1/s1. The Morgan fingerprint density at radius 3 is 2.18 bits per heavy atom. The summed E-state index contributed by atoms with van der Waals surface area (Å²) in [5.41, 5.74) is 0.549. The molecule has 0 unspecified atom stereocenters. The number of fused-ring (bicyclic) bond motifs is 1. The second-order valence-corrected chi connectivity index (χ2v) is 12.0. The summed E-state index contributed by atoms with van der Waals surface area (Å²) in [5, 5.41) is 3.87. The quantitative estimate of drug-likeness (QED) is 0.360. The lowest BCUT2D eigenvalue weighted by molar-refractivity contribution is -0.132. The van der Waals surface area contributed by atoms with Gasteiger partial charge in [-0.2, -0.15) is 0 Å². The van der Waals surface area contributed by atoms with Crippen LogP contribution in [0.2, 0.25) is 0 Å². The van der Waals surface area contributed by atoms with Gasteiger partial charge < -0.3 is 15.1 Å². The molecule has 4 aromatic rings. The van der Waals surface area contributed by atoms with Crippen molar-refractivity contribution in [2.75, 3.05) is 26.2 Å². The molecular weight excluding hydrogens is 541 g/mol. The Kier molecular flexibility index (Phi) is 7.45. The van der Waals surface area contributed by atoms with Crippen LogP contribution < -0.4 is 5.32 Å². The van der Waals surface area contributed by atoms with Gasteiger partial charge >= 0.3 is 0 Å². The molecule has 1 saturated heterocycles. The number of carbonyl (C=O) groups excluding carboxylic acids is 3. The van der Waals surface area contributed by atoms with Gasteiger partial charge in [-0.3, -0.25) is 14.4 Å². The molecule has 0 bridgehead atoms. The molecule has 1 aromatic heterocycles. The Balaban J connectivity index is 1.35. The van der Waals surface area contributed by atoms with Gasteiger partial charge in [-0.25, -0.2) is 12.8 Å². The summed E-state index contributed by atoms with van der Waals surface area (Å²) < 4.78 is 40.4. The Labute approximate surface area is 228 Å². The molecule has 11 heteroatoms. The van der Waals surface area contributed by atoms with E-state index in [2.05, 4.69) is 5.32 Å². The molecule has 3 aromatic carbocycles. The molecule has 1 N–H and O–H groups in total. The van der Waals surface area contributed by atoms with E-state index in [1.165, 1.54) is 11.0 Å². The number of hydrogen-bond donors (Lipinski definition) is 1. The minimum atomic E-state index is -4.42. The fourth-order valence-corrected chi connectivity index (χ4v) is 6.60. The van der Waals surface area contributed by atoms with Crippen molar-refractivity contribution in [2.45, 2.75) is 10.3 Å². The second kappa shape index (κ2) is 11.0. The lowest BCUT2D eigenvalue weighted by Crippen LogP contribution is -2.57. The first-order valence-corrected chi connectivity index (χ1v) is 14.6. The average molecular weight is 566 g/mol. The third kappa shape index (κ3) is 5.41. The van der Waals surface area contributed by atoms with Gasteiger partial charge in [0.05, 0.1) is 9.77 Å². The van der Waals surface area contributed by atoms with E-state index < -0.39 is 32.8 Å². The zero-order valence-corrected chi connectivity index (χ0v) is 22.3. The number of piperazine rings is 1. The van der Waals surface area contributed by atoms with E-state index in [1.54, 1.807) is 22.4 Å². The third-order valence-electron chi connectivity index (χ3n) is 6.58. The number of nitrogens with one attached hydrogen (secondary N) is 1. The van der Waals surface area contributed by atoms with Crippen LogP contribution in [0.5, 0.6) is 0 Å². The Morgan fingerprint density at radius 2 is 1.49 bits per heavy atom. The van der Waals surface area contributed by atoms with Gasteiger partial charge in [-0.15, -0.1) is 11.3 Å². The van der Waals surface area contributed by atoms with Gasteiger partial charge in [0, 0.05) is 31.7 Å². The van der Waals surface area contributed by atoms with Crippen molar-refractivity contribution in [1.82, 2.24) is 15.1 Å². The van der Waals surface area contributed by atoms with E-state index >= 15 is 0 Å². The molecule has 5 rings (SSSR count). The van der Waals surface area contributed by atoms with Gasteiger partial charge in [-0.1, -0.05) is 42.5 Å². The van der Waals surface area contributed by atoms with E-state index in [0.717, 1.165) is 46.4 Å². The third-order valence-corrected chi connectivity index (χ3v) is 9.32. The number of amides is 3. The zero-order valence-electron chi connectivity index (χ0n) is 20.6. The highest BCUT2D eigenvalue weighted by atomic mass is 32.2. The number of rotatable bonds is 6. The number of nitrogens with zero attached hydrogens (tertiary/aromatic N) is 2. The van der Waals surface area contributed by atoms with Crippen molar-refractivity contribution in [3.63, 3.8) is 0 Å². The van der Waals surface area contributed by atoms with E-state index in [0.29, 0.717) is 5.56 Å². The van der Waals surface area contributed by atoms with Gasteiger partial charge in [0.2, 0.25) is 15.2 Å². The van der Waals surface area contributed by atoms with Crippen molar-refractivity contribution in [3.05, 3.63) is 101 Å². The van der Waals surface area contributed by atoms with Crippen molar-refractivity contribution in [1.29, 1.82) is 0 Å². The van der Waals surface area contributed by atoms with Crippen molar-refractivity contribution >= 4 is 49.7 Å². The monoisotopic (exact) mass is 565 g/mol. The van der Waals surface area contributed by atoms with Gasteiger partial charge in [-0.05, 0) is 52.6 Å². The normalized spacial score (nSPS) is 14.7. The summed E-state index contributed by atoms with van der Waals surface area (Å²) in [7, 11) is -4.42. The number of sulfone groups is 1. The van der Waals surface area contributed by atoms with Gasteiger partial charge in [0.1, 0.15) is 5.82 Å². The topological polar surface area (TPSA) is 104 Å². The molecule has 2 heterocycles. The fourth-order valence-electron chi connectivity index (χ4n) is 4.51. The molecule has 1 aliphatic rings. The Bertz CT molecular complexity index is 1630. The lowest BCUT2D eigenvalue weighted by atomic mass is 10.0. The highest BCUT2D eigenvalue weighted by Gasteiger charge is 2.40. The smallest absolute Gasteiger partial charge is 0.262 e. The predicted octanol–water partition coefficient (Wildman–Crippen LogP) is 3.55. The lowest BCUT2D eigenvalue weighted by Gasteiger charge is -2.36. The molecule has 200 valence electrons. The summed E-state index contributed by atoms with van der Waals surface area (Å²) in [6.45, 7) is 0.547. The molecule has 3 amide bonds. The largest absolute Gasteiger partial charge is 0.336 e. The molecule has 39 heavy (non-hydrogen) atoms. The van der Waals surface area contributed by atoms with E-state index in [1.807, 2.05) is 36.4 Å². The maximum atomic E-state index is 13.6. The minimum absolute atomic E-state index is 0.0830. The van der Waals surface area contributed by atoms with Crippen molar-refractivity contribution < 1.29 is 27.2 Å². The Morgan fingerprint density at radius 1 is 0.821 bits per heavy atom. The Hall–Kier alpha value is -4.09. The van der Waals surface area contributed by atoms with E-state index in [9.17, 15) is 27.2 Å². The summed E-state index contributed by atoms with van der Waals surface area (Å²) in [4.78, 5) is 42.6. The molecule has 0 saturated carbocycles. The van der Waals surface area contributed by atoms with E-state index in [-0.39, 0.29) is 41.9 Å². The first kappa shape index (κ1) is 26.5. The summed E-state index contributed by atoms with van der Waals surface area (Å²) in [6.07, 6.45) is 0. The highest BCUT2D eigenvalue weighted by molar-refractivity contribution is 7.92. The minimum Gasteiger partial charge on any atom is -0.336 e. The van der Waals surface area contributed by atoms with Crippen LogP contribution in [0.3, 0.4) is 0 Å².